The molecule has 2 aromatic carbocycles. The lowest BCUT2D eigenvalue weighted by Crippen LogP contribution is -2.19. The molecule has 10 heteroatoms. The summed E-state index contributed by atoms with van der Waals surface area (Å²) in [5.41, 5.74) is 1.02. The van der Waals surface area contributed by atoms with Gasteiger partial charge in [0.15, 0.2) is 11.2 Å². The van der Waals surface area contributed by atoms with Crippen LogP contribution in [0.1, 0.15) is 22.9 Å². The second-order valence-electron chi connectivity index (χ2n) is 6.01. The lowest BCUT2D eigenvalue weighted by Gasteiger charge is -2.18. The van der Waals surface area contributed by atoms with Crippen LogP contribution >= 0.6 is 11.3 Å². The zero-order chi connectivity index (χ0) is 22.1. The number of carboxylic acid groups (broad SMARTS) is 1. The molecule has 0 spiro atoms. The summed E-state index contributed by atoms with van der Waals surface area (Å²) in [7, 11) is 0. The number of anilines is 1. The van der Waals surface area contributed by atoms with E-state index in [1.54, 1.807) is 0 Å². The van der Waals surface area contributed by atoms with E-state index in [0.717, 1.165) is 22.5 Å². The van der Waals surface area contributed by atoms with Gasteiger partial charge in [0.05, 0.1) is 0 Å². The van der Waals surface area contributed by atoms with Gasteiger partial charge in [-0.2, -0.15) is 0 Å². The van der Waals surface area contributed by atoms with E-state index in [1.165, 1.54) is 5.38 Å². The zero-order valence-corrected chi connectivity index (χ0v) is 16.8. The average Bonchev–Trinajstić information content (AvgIpc) is 3.24. The summed E-state index contributed by atoms with van der Waals surface area (Å²) < 4.78 is 5.56. The van der Waals surface area contributed by atoms with Crippen molar-refractivity contribution < 1.29 is 29.1 Å². The minimum absolute atomic E-state index is 0.0123. The summed E-state index contributed by atoms with van der Waals surface area (Å²) in [5, 5.41) is 16.7. The number of benzene rings is 2. The fourth-order valence-electron chi connectivity index (χ4n) is 2.59. The monoisotopic (exact) mass is 439 g/mol. The molecule has 31 heavy (non-hydrogen) atoms. The highest BCUT2D eigenvalue weighted by atomic mass is 32.1. The van der Waals surface area contributed by atoms with Crippen LogP contribution in [0.4, 0.5) is 5.13 Å². The van der Waals surface area contributed by atoms with Crippen molar-refractivity contribution >= 4 is 40.5 Å². The molecule has 9 nitrogen and oxygen atoms in total. The highest BCUT2D eigenvalue weighted by molar-refractivity contribution is 7.14. The Morgan fingerprint density at radius 3 is 2.26 bits per heavy atom. The Hall–Kier alpha value is -4.05. The molecule has 0 aliphatic carbocycles. The number of thiazole rings is 1. The number of esters is 1. The Labute approximate surface area is 181 Å². The molecule has 0 unspecified atom stereocenters. The number of carboxylic acids is 1. The number of hydrogen-bond acceptors (Lipinski definition) is 8. The van der Waals surface area contributed by atoms with Gasteiger partial charge in [0.25, 0.3) is 0 Å². The van der Waals surface area contributed by atoms with Crippen LogP contribution in [0.25, 0.3) is 0 Å². The van der Waals surface area contributed by atoms with Gasteiger partial charge in [-0.1, -0.05) is 65.8 Å². The van der Waals surface area contributed by atoms with E-state index >= 15 is 0 Å². The molecule has 0 saturated heterocycles. The van der Waals surface area contributed by atoms with E-state index in [1.807, 2.05) is 60.7 Å². The van der Waals surface area contributed by atoms with E-state index in [2.05, 4.69) is 15.5 Å². The number of nitrogens with one attached hydrogen (secondary N) is 1. The smallest absolute Gasteiger partial charge is 0.360 e. The number of hydrogen-bond donors (Lipinski definition) is 2. The second-order valence-corrected chi connectivity index (χ2v) is 6.87. The number of oxime groups is 1. The largest absolute Gasteiger partial charge is 0.476 e. The maximum atomic E-state index is 12.4. The molecule has 1 amide bonds. The van der Waals surface area contributed by atoms with Crippen molar-refractivity contribution in [1.82, 2.24) is 4.98 Å². The number of carbonyl (C=O) groups excluding carboxylic acids is 2. The molecule has 0 bridgehead atoms. The van der Waals surface area contributed by atoms with Gasteiger partial charge in [-0.3, -0.25) is 4.79 Å². The molecular weight excluding hydrogens is 422 g/mol. The van der Waals surface area contributed by atoms with Crippen molar-refractivity contribution in [2.75, 3.05) is 11.9 Å². The number of nitrogens with zero attached hydrogens (tertiary/aromatic N) is 2. The molecule has 0 aliphatic rings. The van der Waals surface area contributed by atoms with E-state index in [0.29, 0.717) is 6.41 Å². The third-order valence-electron chi connectivity index (χ3n) is 3.92. The fourth-order valence-corrected chi connectivity index (χ4v) is 3.25. The van der Waals surface area contributed by atoms with Crippen molar-refractivity contribution in [3.63, 3.8) is 0 Å². The van der Waals surface area contributed by atoms with Crippen LogP contribution in [0.5, 0.6) is 0 Å². The van der Waals surface area contributed by atoms with Gasteiger partial charge in [-0.15, -0.1) is 11.3 Å². The Balaban J connectivity index is 1.69. The van der Waals surface area contributed by atoms with Crippen LogP contribution in [-0.2, 0) is 24.0 Å². The van der Waals surface area contributed by atoms with E-state index in [4.69, 9.17) is 9.57 Å². The highest BCUT2D eigenvalue weighted by Gasteiger charge is 2.21. The van der Waals surface area contributed by atoms with E-state index < -0.39 is 30.4 Å². The van der Waals surface area contributed by atoms with E-state index in [-0.39, 0.29) is 10.8 Å². The molecule has 1 aromatic heterocycles. The van der Waals surface area contributed by atoms with Crippen LogP contribution in [0, 0.1) is 0 Å². The maximum Gasteiger partial charge on any atom is 0.360 e. The molecular formula is C21H17N3O6S. The number of ether oxygens (including phenoxy) is 1. The number of carbonyl (C=O) groups is 3. The van der Waals surface area contributed by atoms with Gasteiger partial charge in [-0.05, 0) is 11.1 Å². The van der Waals surface area contributed by atoms with Crippen LogP contribution in [0.2, 0.25) is 0 Å². The first-order valence-electron chi connectivity index (χ1n) is 8.97. The SMILES string of the molecule is O=CNc1nc(/C(=N/OCC(=O)OC(c2ccccc2)c2ccccc2)C(=O)O)cs1. The molecule has 1 heterocycles. The summed E-state index contributed by atoms with van der Waals surface area (Å²) in [6.07, 6.45) is -0.236. The quantitative estimate of drug-likeness (QED) is 0.215. The van der Waals surface area contributed by atoms with Gasteiger partial charge in [0, 0.05) is 5.38 Å². The first-order chi connectivity index (χ1) is 15.1. The van der Waals surface area contributed by atoms with Crippen molar-refractivity contribution in [2.24, 2.45) is 5.16 Å². The van der Waals surface area contributed by atoms with Crippen molar-refractivity contribution in [3.05, 3.63) is 82.9 Å². The fraction of sp³-hybridized carbons (Fsp3) is 0.0952. The normalized spacial score (nSPS) is 11.1. The van der Waals surface area contributed by atoms with Crippen LogP contribution in [0.15, 0.2) is 71.2 Å². The summed E-state index contributed by atoms with van der Waals surface area (Å²) in [6, 6.07) is 18.4. The topological polar surface area (TPSA) is 127 Å². The summed E-state index contributed by atoms with van der Waals surface area (Å²) in [4.78, 5) is 43.1. The third-order valence-corrected chi connectivity index (χ3v) is 4.70. The predicted molar refractivity (Wildman–Crippen MR) is 113 cm³/mol. The Bertz CT molecular complexity index is 1030. The maximum absolute atomic E-state index is 12.4. The summed E-state index contributed by atoms with van der Waals surface area (Å²) in [5.74, 6) is -2.13. The van der Waals surface area contributed by atoms with E-state index in [9.17, 15) is 19.5 Å². The predicted octanol–water partition coefficient (Wildman–Crippen LogP) is 2.85. The first-order valence-corrected chi connectivity index (χ1v) is 9.85. The lowest BCUT2D eigenvalue weighted by atomic mass is 10.0. The number of amides is 1. The minimum Gasteiger partial charge on any atom is -0.476 e. The average molecular weight is 439 g/mol. The van der Waals surface area contributed by atoms with Crippen molar-refractivity contribution in [1.29, 1.82) is 0 Å². The number of aromatic nitrogens is 1. The molecule has 0 aliphatic heterocycles. The Morgan fingerprint density at radius 2 is 1.71 bits per heavy atom. The van der Waals surface area contributed by atoms with Crippen LogP contribution in [-0.4, -0.2) is 40.8 Å². The molecule has 0 fully saturated rings. The van der Waals surface area contributed by atoms with Gasteiger partial charge >= 0.3 is 11.9 Å². The van der Waals surface area contributed by atoms with Gasteiger partial charge in [0.2, 0.25) is 18.7 Å². The Kier molecular flexibility index (Phi) is 7.44. The molecule has 0 radical (unpaired) electrons. The zero-order valence-electron chi connectivity index (χ0n) is 16.0. The third kappa shape index (κ3) is 5.97. The lowest BCUT2D eigenvalue weighted by molar-refractivity contribution is -0.153. The standard InChI is InChI=1S/C21H17N3O6S/c25-13-22-21-23-16(12-31-21)18(20(27)28)24-29-11-17(26)30-19(14-7-3-1-4-8-14)15-9-5-2-6-10-15/h1-10,12-13,19H,11H2,(H,27,28)(H,22,23,25)/b24-18-. The van der Waals surface area contributed by atoms with Crippen molar-refractivity contribution in [2.45, 2.75) is 6.10 Å². The molecule has 2 N–H and O–H groups in total. The molecule has 3 rings (SSSR count). The van der Waals surface area contributed by atoms with Crippen LogP contribution in [0.3, 0.4) is 0 Å². The molecule has 3 aromatic rings. The van der Waals surface area contributed by atoms with Gasteiger partial charge in [-0.25, -0.2) is 14.6 Å². The molecule has 0 atom stereocenters. The summed E-state index contributed by atoms with van der Waals surface area (Å²) >= 11 is 1.02. The number of rotatable bonds is 10. The highest BCUT2D eigenvalue weighted by Crippen LogP contribution is 2.26. The van der Waals surface area contributed by atoms with Gasteiger partial charge in [0.1, 0.15) is 5.69 Å². The van der Waals surface area contributed by atoms with Crippen LogP contribution < -0.4 is 5.32 Å². The number of aliphatic carboxylic acids is 1. The minimum atomic E-state index is -1.40. The first kappa shape index (κ1) is 21.7. The van der Waals surface area contributed by atoms with Gasteiger partial charge < -0.3 is 20.0 Å². The second kappa shape index (κ2) is 10.6. The molecule has 158 valence electrons. The Morgan fingerprint density at radius 1 is 1.10 bits per heavy atom. The van der Waals surface area contributed by atoms with Crippen molar-refractivity contribution in [3.8, 4) is 0 Å². The molecule has 0 saturated carbocycles. The summed E-state index contributed by atoms with van der Waals surface area (Å²) in [6.45, 7) is -0.601.